The minimum absolute atomic E-state index is 0.188. The lowest BCUT2D eigenvalue weighted by molar-refractivity contribution is -0.137. The van der Waals surface area contributed by atoms with Crippen molar-refractivity contribution in [1.82, 2.24) is 5.32 Å². The van der Waals surface area contributed by atoms with E-state index in [-0.39, 0.29) is 12.5 Å². The number of benzene rings is 1. The Kier molecular flexibility index (Phi) is 7.29. The van der Waals surface area contributed by atoms with Gasteiger partial charge in [-0.3, -0.25) is 4.79 Å². The summed E-state index contributed by atoms with van der Waals surface area (Å²) in [6, 6.07) is 7.38. The van der Waals surface area contributed by atoms with Crippen LogP contribution in [0.1, 0.15) is 38.2 Å². The minimum atomic E-state index is -0.765. The third-order valence-corrected chi connectivity index (χ3v) is 3.46. The molecule has 0 spiro atoms. The maximum absolute atomic E-state index is 11.7. The summed E-state index contributed by atoms with van der Waals surface area (Å²) in [6.45, 7) is 4.56. The second-order valence-corrected chi connectivity index (χ2v) is 5.25. The third kappa shape index (κ3) is 7.34. The minimum Gasteiger partial charge on any atom is -0.481 e. The van der Waals surface area contributed by atoms with Gasteiger partial charge in [0.05, 0.1) is 0 Å². The number of anilines is 1. The average molecular weight is 292 g/mol. The van der Waals surface area contributed by atoms with Crippen LogP contribution in [0.4, 0.5) is 10.5 Å². The van der Waals surface area contributed by atoms with Crippen molar-refractivity contribution >= 4 is 17.7 Å². The highest BCUT2D eigenvalue weighted by molar-refractivity contribution is 5.89. The van der Waals surface area contributed by atoms with Gasteiger partial charge in [0.15, 0.2) is 0 Å². The first-order valence-electron chi connectivity index (χ1n) is 7.34. The van der Waals surface area contributed by atoms with Crippen molar-refractivity contribution < 1.29 is 14.7 Å². The van der Waals surface area contributed by atoms with E-state index in [1.54, 1.807) is 0 Å². The zero-order valence-electron chi connectivity index (χ0n) is 12.7. The van der Waals surface area contributed by atoms with Crippen LogP contribution in [0.15, 0.2) is 24.3 Å². The summed E-state index contributed by atoms with van der Waals surface area (Å²) >= 11 is 0. The molecule has 0 heterocycles. The quantitative estimate of drug-likeness (QED) is 0.687. The van der Waals surface area contributed by atoms with Crippen LogP contribution in [0, 0.1) is 12.8 Å². The maximum atomic E-state index is 11.7. The first kappa shape index (κ1) is 17.0. The van der Waals surface area contributed by atoms with Crippen molar-refractivity contribution in [1.29, 1.82) is 0 Å². The molecule has 0 radical (unpaired) electrons. The van der Waals surface area contributed by atoms with Crippen LogP contribution >= 0.6 is 0 Å². The van der Waals surface area contributed by atoms with E-state index >= 15 is 0 Å². The van der Waals surface area contributed by atoms with Gasteiger partial charge in [0, 0.05) is 18.7 Å². The SMILES string of the molecule is CCC(CCNC(=O)Nc1cccc(C)c1)CCC(=O)O. The van der Waals surface area contributed by atoms with E-state index in [2.05, 4.69) is 10.6 Å². The smallest absolute Gasteiger partial charge is 0.319 e. The highest BCUT2D eigenvalue weighted by atomic mass is 16.4. The number of urea groups is 1. The van der Waals surface area contributed by atoms with Gasteiger partial charge < -0.3 is 15.7 Å². The van der Waals surface area contributed by atoms with E-state index in [4.69, 9.17) is 5.11 Å². The van der Waals surface area contributed by atoms with Crippen LogP contribution in [-0.4, -0.2) is 23.7 Å². The van der Waals surface area contributed by atoms with Gasteiger partial charge in [-0.25, -0.2) is 4.79 Å². The molecule has 5 nitrogen and oxygen atoms in total. The summed E-state index contributed by atoms with van der Waals surface area (Å²) < 4.78 is 0. The number of carbonyl (C=O) groups is 2. The predicted molar refractivity (Wildman–Crippen MR) is 83.5 cm³/mol. The van der Waals surface area contributed by atoms with Crippen LogP contribution in [-0.2, 0) is 4.79 Å². The lowest BCUT2D eigenvalue weighted by atomic mass is 9.97. The Bertz CT molecular complexity index is 474. The number of aryl methyl sites for hydroxylation is 1. The van der Waals surface area contributed by atoms with E-state index in [9.17, 15) is 9.59 Å². The molecule has 0 aliphatic carbocycles. The van der Waals surface area contributed by atoms with Crippen LogP contribution in [0.2, 0.25) is 0 Å². The molecule has 5 heteroatoms. The van der Waals surface area contributed by atoms with Crippen molar-refractivity contribution in [3.63, 3.8) is 0 Å². The molecule has 21 heavy (non-hydrogen) atoms. The number of carbonyl (C=O) groups excluding carboxylic acids is 1. The normalized spacial score (nSPS) is 11.7. The molecule has 3 N–H and O–H groups in total. The Balaban J connectivity index is 2.27. The fourth-order valence-corrected chi connectivity index (χ4v) is 2.17. The Labute approximate surface area is 125 Å². The molecule has 0 bridgehead atoms. The second-order valence-electron chi connectivity index (χ2n) is 5.25. The molecule has 0 saturated heterocycles. The molecular formula is C16H24N2O3. The van der Waals surface area contributed by atoms with Crippen LogP contribution in [0.25, 0.3) is 0 Å². The molecule has 1 aromatic rings. The number of nitrogens with one attached hydrogen (secondary N) is 2. The number of rotatable bonds is 8. The molecule has 1 atom stereocenters. The van der Waals surface area contributed by atoms with E-state index in [1.807, 2.05) is 38.1 Å². The molecule has 1 rings (SSSR count). The molecule has 0 aliphatic rings. The number of hydrogen-bond acceptors (Lipinski definition) is 2. The van der Waals surface area contributed by atoms with Gasteiger partial charge >= 0.3 is 12.0 Å². The van der Waals surface area contributed by atoms with Gasteiger partial charge in [-0.2, -0.15) is 0 Å². The maximum Gasteiger partial charge on any atom is 0.319 e. The van der Waals surface area contributed by atoms with Gasteiger partial charge in [-0.05, 0) is 43.4 Å². The molecule has 2 amide bonds. The van der Waals surface area contributed by atoms with Crippen molar-refractivity contribution in [2.24, 2.45) is 5.92 Å². The number of aliphatic carboxylic acids is 1. The fraction of sp³-hybridized carbons (Fsp3) is 0.500. The number of carboxylic acids is 1. The van der Waals surface area contributed by atoms with E-state index < -0.39 is 5.97 Å². The Morgan fingerprint density at radius 1 is 1.29 bits per heavy atom. The van der Waals surface area contributed by atoms with Crippen molar-refractivity contribution in [3.8, 4) is 0 Å². The van der Waals surface area contributed by atoms with Gasteiger partial charge in [-0.1, -0.05) is 25.5 Å². The highest BCUT2D eigenvalue weighted by Crippen LogP contribution is 2.14. The second kappa shape index (κ2) is 9.00. The van der Waals surface area contributed by atoms with Crippen molar-refractivity contribution in [2.75, 3.05) is 11.9 Å². The standard InChI is InChI=1S/C16H24N2O3/c1-3-13(7-8-15(19)20)9-10-17-16(21)18-14-6-4-5-12(2)11-14/h4-6,11,13H,3,7-10H2,1-2H3,(H,19,20)(H2,17,18,21). The van der Waals surface area contributed by atoms with Gasteiger partial charge in [0.1, 0.15) is 0 Å². The van der Waals surface area contributed by atoms with Crippen LogP contribution in [0.3, 0.4) is 0 Å². The van der Waals surface area contributed by atoms with Crippen LogP contribution < -0.4 is 10.6 Å². The van der Waals surface area contributed by atoms with Gasteiger partial charge in [-0.15, -0.1) is 0 Å². The molecule has 0 aromatic heterocycles. The van der Waals surface area contributed by atoms with Crippen molar-refractivity contribution in [3.05, 3.63) is 29.8 Å². The Hall–Kier alpha value is -2.04. The number of carboxylic acid groups (broad SMARTS) is 1. The van der Waals surface area contributed by atoms with Crippen LogP contribution in [0.5, 0.6) is 0 Å². The fourth-order valence-electron chi connectivity index (χ4n) is 2.17. The molecule has 1 unspecified atom stereocenters. The van der Waals surface area contributed by atoms with Gasteiger partial charge in [0.2, 0.25) is 0 Å². The highest BCUT2D eigenvalue weighted by Gasteiger charge is 2.09. The monoisotopic (exact) mass is 292 g/mol. The summed E-state index contributed by atoms with van der Waals surface area (Å²) in [4.78, 5) is 22.3. The average Bonchev–Trinajstić information content (AvgIpc) is 2.42. The van der Waals surface area contributed by atoms with E-state index in [0.717, 1.165) is 24.1 Å². The first-order valence-corrected chi connectivity index (χ1v) is 7.34. The largest absolute Gasteiger partial charge is 0.481 e. The third-order valence-electron chi connectivity index (χ3n) is 3.46. The molecule has 0 fully saturated rings. The molecule has 0 aliphatic heterocycles. The summed E-state index contributed by atoms with van der Waals surface area (Å²) in [7, 11) is 0. The lowest BCUT2D eigenvalue weighted by Gasteiger charge is -2.14. The summed E-state index contributed by atoms with van der Waals surface area (Å²) in [5, 5.41) is 14.3. The van der Waals surface area contributed by atoms with Gasteiger partial charge in [0.25, 0.3) is 0 Å². The molecular weight excluding hydrogens is 268 g/mol. The Morgan fingerprint density at radius 2 is 2.05 bits per heavy atom. The predicted octanol–water partition coefficient (Wildman–Crippen LogP) is 3.40. The number of amides is 2. The Morgan fingerprint density at radius 3 is 2.67 bits per heavy atom. The first-order chi connectivity index (χ1) is 10.0. The summed E-state index contributed by atoms with van der Waals surface area (Å²) in [5.41, 5.74) is 1.86. The summed E-state index contributed by atoms with van der Waals surface area (Å²) in [5.74, 6) is -0.432. The lowest BCUT2D eigenvalue weighted by Crippen LogP contribution is -2.30. The molecule has 116 valence electrons. The number of hydrogen-bond donors (Lipinski definition) is 3. The zero-order chi connectivity index (χ0) is 15.7. The molecule has 0 saturated carbocycles. The van der Waals surface area contributed by atoms with E-state index in [1.165, 1.54) is 0 Å². The topological polar surface area (TPSA) is 78.4 Å². The molecule has 1 aromatic carbocycles. The zero-order valence-corrected chi connectivity index (χ0v) is 12.7. The van der Waals surface area contributed by atoms with Crippen molar-refractivity contribution in [2.45, 2.75) is 39.5 Å². The summed E-state index contributed by atoms with van der Waals surface area (Å²) in [6.07, 6.45) is 2.57. The van der Waals surface area contributed by atoms with E-state index in [0.29, 0.717) is 18.9 Å².